The summed E-state index contributed by atoms with van der Waals surface area (Å²) in [6.07, 6.45) is -2.47. The lowest BCUT2D eigenvalue weighted by Crippen LogP contribution is -2.10. The van der Waals surface area contributed by atoms with E-state index in [1.807, 2.05) is 0 Å². The van der Waals surface area contributed by atoms with Crippen LogP contribution < -0.4 is 20.9 Å². The number of hydrogen-bond acceptors (Lipinski definition) is 7. The fourth-order valence-electron chi connectivity index (χ4n) is 3.16. The van der Waals surface area contributed by atoms with Gasteiger partial charge in [-0.1, -0.05) is 12.1 Å². The smallest absolute Gasteiger partial charge is 0.389 e. The largest absolute Gasteiger partial charge is 0.494 e. The van der Waals surface area contributed by atoms with Gasteiger partial charge in [0.05, 0.1) is 12.2 Å². The van der Waals surface area contributed by atoms with Gasteiger partial charge in [-0.2, -0.15) is 13.2 Å². The van der Waals surface area contributed by atoms with E-state index in [2.05, 4.69) is 0 Å². The minimum absolute atomic E-state index is 0.0263. The maximum atomic E-state index is 12.3. The van der Waals surface area contributed by atoms with Crippen LogP contribution >= 0.6 is 0 Å². The summed E-state index contributed by atoms with van der Waals surface area (Å²) in [4.78, 5) is 24.3. The molecular formula is C27H25F3N2O5. The zero-order chi connectivity index (χ0) is 26.8. The van der Waals surface area contributed by atoms with Crippen molar-refractivity contribution in [3.63, 3.8) is 0 Å². The van der Waals surface area contributed by atoms with Crippen LogP contribution in [-0.4, -0.2) is 24.7 Å². The van der Waals surface area contributed by atoms with Gasteiger partial charge in [-0.3, -0.25) is 0 Å². The lowest BCUT2D eigenvalue weighted by molar-refractivity contribution is -0.139. The summed E-state index contributed by atoms with van der Waals surface area (Å²) >= 11 is 0. The lowest BCUT2D eigenvalue weighted by atomic mass is 10.2. The van der Waals surface area contributed by atoms with Crippen LogP contribution in [0.15, 0.2) is 72.8 Å². The third-order valence-electron chi connectivity index (χ3n) is 4.88. The predicted molar refractivity (Wildman–Crippen MR) is 133 cm³/mol. The van der Waals surface area contributed by atoms with Crippen LogP contribution in [0.5, 0.6) is 11.5 Å². The van der Waals surface area contributed by atoms with Crippen LogP contribution in [0.1, 0.15) is 34.3 Å². The van der Waals surface area contributed by atoms with E-state index in [0.29, 0.717) is 28.3 Å². The monoisotopic (exact) mass is 514 g/mol. The number of halogens is 3. The molecule has 0 amide bonds. The van der Waals surface area contributed by atoms with Gasteiger partial charge in [-0.25, -0.2) is 9.59 Å². The molecule has 0 saturated carbocycles. The molecule has 0 atom stereocenters. The molecule has 0 radical (unpaired) electrons. The average Bonchev–Trinajstić information content (AvgIpc) is 2.84. The summed E-state index contributed by atoms with van der Waals surface area (Å²) in [5, 5.41) is 0. The first-order valence-electron chi connectivity index (χ1n) is 11.2. The molecule has 3 aromatic carbocycles. The lowest BCUT2D eigenvalue weighted by Gasteiger charge is -2.09. The van der Waals surface area contributed by atoms with Crippen molar-refractivity contribution in [1.29, 1.82) is 0 Å². The molecule has 4 N–H and O–H groups in total. The van der Waals surface area contributed by atoms with Crippen LogP contribution in [-0.2, 0) is 16.1 Å². The summed E-state index contributed by atoms with van der Waals surface area (Å²) in [6.45, 7) is -0.0580. The van der Waals surface area contributed by atoms with Crippen molar-refractivity contribution in [2.75, 3.05) is 18.1 Å². The molecule has 7 nitrogen and oxygen atoms in total. The Balaban J connectivity index is 1.45. The Labute approximate surface area is 211 Å². The summed E-state index contributed by atoms with van der Waals surface area (Å²) in [6, 6.07) is 17.3. The summed E-state index contributed by atoms with van der Waals surface area (Å²) in [5.74, 6) is -0.524. The molecule has 0 fully saturated rings. The molecule has 0 aliphatic heterocycles. The molecule has 3 rings (SSSR count). The number of alkyl halides is 3. The van der Waals surface area contributed by atoms with Crippen molar-refractivity contribution in [3.8, 4) is 11.5 Å². The number of anilines is 2. The molecule has 3 aromatic rings. The van der Waals surface area contributed by atoms with Gasteiger partial charge in [0.15, 0.2) is 0 Å². The first-order chi connectivity index (χ1) is 17.6. The summed E-state index contributed by atoms with van der Waals surface area (Å²) in [7, 11) is 0. The minimum Gasteiger partial charge on any atom is -0.494 e. The van der Waals surface area contributed by atoms with Crippen LogP contribution in [0.4, 0.5) is 24.5 Å². The molecule has 10 heteroatoms. The number of hydrogen-bond donors (Lipinski definition) is 2. The topological polar surface area (TPSA) is 114 Å². The van der Waals surface area contributed by atoms with Gasteiger partial charge < -0.3 is 25.7 Å². The van der Waals surface area contributed by atoms with Crippen molar-refractivity contribution >= 4 is 29.4 Å². The second kappa shape index (κ2) is 12.5. The molecule has 0 spiro atoms. The van der Waals surface area contributed by atoms with E-state index in [4.69, 9.17) is 25.7 Å². The molecule has 0 unspecified atom stereocenters. The Morgan fingerprint density at radius 3 is 2.11 bits per heavy atom. The van der Waals surface area contributed by atoms with Crippen LogP contribution in [0.3, 0.4) is 0 Å². The van der Waals surface area contributed by atoms with Gasteiger partial charge in [-0.15, -0.1) is 0 Å². The Bertz CT molecular complexity index is 1220. The van der Waals surface area contributed by atoms with Gasteiger partial charge in [0.25, 0.3) is 0 Å². The third kappa shape index (κ3) is 9.60. The second-order valence-corrected chi connectivity index (χ2v) is 8.00. The second-order valence-electron chi connectivity index (χ2n) is 8.00. The fourth-order valence-corrected chi connectivity index (χ4v) is 3.16. The van der Waals surface area contributed by atoms with Crippen molar-refractivity contribution in [2.45, 2.75) is 25.6 Å². The summed E-state index contributed by atoms with van der Waals surface area (Å²) in [5.41, 5.74) is 14.0. The standard InChI is InChI=1S/C27H25F3N2O5/c28-27(29,30)12-1-13-35-23-9-5-20(6-10-23)26(34)37-24-7-2-18(3-8-24)4-11-25(33)36-17-19-14-21(31)16-22(32)15-19/h2-11,14-16H,1,12-13,17,31-32H2/b11-4+. The number of benzene rings is 3. The van der Waals surface area contributed by atoms with Gasteiger partial charge in [0, 0.05) is 23.9 Å². The molecule has 0 aromatic heterocycles. The zero-order valence-corrected chi connectivity index (χ0v) is 19.7. The number of carbonyl (C=O) groups is 2. The van der Waals surface area contributed by atoms with Gasteiger partial charge in [0.2, 0.25) is 0 Å². The van der Waals surface area contributed by atoms with Gasteiger partial charge >= 0.3 is 18.1 Å². The van der Waals surface area contributed by atoms with Crippen molar-refractivity contribution in [3.05, 3.63) is 89.5 Å². The van der Waals surface area contributed by atoms with Crippen LogP contribution in [0.25, 0.3) is 6.08 Å². The SMILES string of the molecule is Nc1cc(N)cc(COC(=O)/C=C/c2ccc(OC(=O)c3ccc(OCCCC(F)(F)F)cc3)cc2)c1. The maximum absolute atomic E-state index is 12.3. The minimum atomic E-state index is -4.22. The fraction of sp³-hybridized carbons (Fsp3) is 0.185. The average molecular weight is 515 g/mol. The molecule has 0 bridgehead atoms. The maximum Gasteiger partial charge on any atom is 0.389 e. The summed E-state index contributed by atoms with van der Waals surface area (Å²) < 4.78 is 52.2. The number of rotatable bonds is 10. The molecule has 0 aliphatic carbocycles. The Morgan fingerprint density at radius 1 is 0.865 bits per heavy atom. The molecule has 0 aliphatic rings. The number of carbonyl (C=O) groups excluding carboxylic acids is 2. The molecule has 0 heterocycles. The van der Waals surface area contributed by atoms with E-state index in [0.717, 1.165) is 0 Å². The van der Waals surface area contributed by atoms with Crippen molar-refractivity contribution in [2.24, 2.45) is 0 Å². The highest BCUT2D eigenvalue weighted by molar-refractivity contribution is 5.91. The molecular weight excluding hydrogens is 489 g/mol. The molecule has 37 heavy (non-hydrogen) atoms. The molecule has 0 saturated heterocycles. The molecule has 194 valence electrons. The number of esters is 2. The van der Waals surface area contributed by atoms with E-state index in [-0.39, 0.29) is 30.9 Å². The first kappa shape index (κ1) is 27.1. The Kier molecular flexibility index (Phi) is 9.15. The van der Waals surface area contributed by atoms with Crippen molar-refractivity contribution in [1.82, 2.24) is 0 Å². The number of ether oxygens (including phenoxy) is 3. The quantitative estimate of drug-likeness (QED) is 0.120. The Hall–Kier alpha value is -4.47. The Morgan fingerprint density at radius 2 is 1.49 bits per heavy atom. The normalized spacial score (nSPS) is 11.3. The van der Waals surface area contributed by atoms with E-state index in [1.165, 1.54) is 30.3 Å². The van der Waals surface area contributed by atoms with Crippen LogP contribution in [0, 0.1) is 0 Å². The third-order valence-corrected chi connectivity index (χ3v) is 4.88. The van der Waals surface area contributed by atoms with E-state index < -0.39 is 24.5 Å². The van der Waals surface area contributed by atoms with E-state index >= 15 is 0 Å². The number of nitrogens with two attached hydrogens (primary N) is 2. The first-order valence-corrected chi connectivity index (χ1v) is 11.2. The van der Waals surface area contributed by atoms with Gasteiger partial charge in [-0.05, 0) is 78.2 Å². The van der Waals surface area contributed by atoms with E-state index in [1.54, 1.807) is 48.5 Å². The zero-order valence-electron chi connectivity index (χ0n) is 19.7. The highest BCUT2D eigenvalue weighted by atomic mass is 19.4. The highest BCUT2D eigenvalue weighted by Gasteiger charge is 2.26. The van der Waals surface area contributed by atoms with E-state index in [9.17, 15) is 22.8 Å². The highest BCUT2D eigenvalue weighted by Crippen LogP contribution is 2.22. The van der Waals surface area contributed by atoms with Crippen LogP contribution in [0.2, 0.25) is 0 Å². The van der Waals surface area contributed by atoms with Crippen molar-refractivity contribution < 1.29 is 37.0 Å². The predicted octanol–water partition coefficient (Wildman–Crippen LogP) is 5.55. The number of nitrogen functional groups attached to an aromatic ring is 2. The van der Waals surface area contributed by atoms with Gasteiger partial charge in [0.1, 0.15) is 18.1 Å².